The average Bonchev–Trinajstić information content (AvgIpc) is 3.29. The first-order valence-corrected chi connectivity index (χ1v) is 15.8. The van der Waals surface area contributed by atoms with Crippen molar-refractivity contribution in [3.05, 3.63) is 11.1 Å². The molecule has 1 nitrogen and oxygen atoms in total. The minimum atomic E-state index is 0.322. The maximum absolute atomic E-state index is 4.91. The third kappa shape index (κ3) is 3.74. The van der Waals surface area contributed by atoms with Gasteiger partial charge in [-0.25, -0.2) is 0 Å². The smallest absolute Gasteiger partial charge is 0.0276 e. The molecule has 0 amide bonds. The predicted octanol–water partition coefficient (Wildman–Crippen LogP) is 9.44. The van der Waals surface area contributed by atoms with E-state index < -0.39 is 0 Å². The summed E-state index contributed by atoms with van der Waals surface area (Å²) in [5.74, 6) is 5.76. The molecule has 35 heavy (non-hydrogen) atoms. The minimum absolute atomic E-state index is 0.322. The van der Waals surface area contributed by atoms with Gasteiger partial charge >= 0.3 is 0 Å². The van der Waals surface area contributed by atoms with E-state index in [1.807, 2.05) is 5.57 Å². The Balaban J connectivity index is 1.55. The molecule has 196 valence electrons. The van der Waals surface area contributed by atoms with Crippen molar-refractivity contribution in [2.24, 2.45) is 62.7 Å². The van der Waals surface area contributed by atoms with E-state index in [9.17, 15) is 0 Å². The van der Waals surface area contributed by atoms with Crippen molar-refractivity contribution >= 4 is 19.9 Å². The van der Waals surface area contributed by atoms with Crippen LogP contribution in [0.3, 0.4) is 0 Å². The molecule has 0 aromatic heterocycles. The van der Waals surface area contributed by atoms with Gasteiger partial charge in [0.25, 0.3) is 0 Å². The molecule has 2 heteroatoms. The van der Waals surface area contributed by atoms with E-state index in [1.165, 1.54) is 81.6 Å². The fourth-order valence-corrected chi connectivity index (χ4v) is 12.0. The highest BCUT2D eigenvalue weighted by molar-refractivity contribution is 7.22. The molecule has 0 saturated heterocycles. The van der Waals surface area contributed by atoms with Crippen LogP contribution in [0.1, 0.15) is 119 Å². The van der Waals surface area contributed by atoms with Crippen LogP contribution in [0.5, 0.6) is 0 Å². The summed E-state index contributed by atoms with van der Waals surface area (Å²) in [5, 5.41) is 1.53. The summed E-state index contributed by atoms with van der Waals surface area (Å²) in [6.07, 6.45) is 15.3. The van der Waals surface area contributed by atoms with Crippen LogP contribution < -0.4 is 0 Å². The molecule has 4 saturated carbocycles. The van der Waals surface area contributed by atoms with Crippen molar-refractivity contribution in [1.82, 2.24) is 0 Å². The summed E-state index contributed by atoms with van der Waals surface area (Å²) in [7, 11) is 6.28. The first-order chi connectivity index (χ1) is 16.5. The van der Waals surface area contributed by atoms with Crippen LogP contribution in [0.2, 0.25) is 0 Å². The van der Waals surface area contributed by atoms with E-state index >= 15 is 0 Å². The number of hydrogen-bond donors (Lipinski definition) is 0. The second-order valence-electron chi connectivity index (χ2n) is 14.7. The number of nitrogens with zero attached hydrogens (tertiary/aromatic N) is 1. The van der Waals surface area contributed by atoms with Crippen LogP contribution in [0, 0.1) is 57.7 Å². The molecule has 0 radical (unpaired) electrons. The van der Waals surface area contributed by atoms with Crippen molar-refractivity contribution in [3.63, 3.8) is 0 Å². The second kappa shape index (κ2) is 9.10. The van der Waals surface area contributed by atoms with Crippen molar-refractivity contribution in [2.75, 3.05) is 7.05 Å². The topological polar surface area (TPSA) is 12.4 Å². The zero-order valence-corrected chi connectivity index (χ0v) is 25.3. The molecule has 9 unspecified atom stereocenters. The molecular formula is C33H54NP. The molecule has 0 N–H and O–H groups in total. The molecule has 5 aliphatic carbocycles. The van der Waals surface area contributed by atoms with E-state index in [0.717, 1.165) is 29.6 Å². The number of fused-ring (bicyclic) bond motifs is 7. The van der Waals surface area contributed by atoms with Crippen molar-refractivity contribution < 1.29 is 0 Å². The fourth-order valence-electron chi connectivity index (χ4n) is 11.2. The van der Waals surface area contributed by atoms with Gasteiger partial charge in [-0.1, -0.05) is 54.0 Å². The van der Waals surface area contributed by atoms with Gasteiger partial charge in [-0.2, -0.15) is 0 Å². The molecule has 9 atom stereocenters. The van der Waals surface area contributed by atoms with Gasteiger partial charge in [-0.15, -0.1) is 8.86 Å². The van der Waals surface area contributed by atoms with Gasteiger partial charge < -0.3 is 0 Å². The Kier molecular flexibility index (Phi) is 6.81. The Morgan fingerprint density at radius 3 is 2.29 bits per heavy atom. The normalized spacial score (nSPS) is 46.4. The lowest BCUT2D eigenvalue weighted by molar-refractivity contribution is -0.132. The largest absolute Gasteiger partial charge is 0.297 e. The van der Waals surface area contributed by atoms with Crippen LogP contribution >= 0.6 is 8.86 Å². The monoisotopic (exact) mass is 495 g/mol. The third-order valence-electron chi connectivity index (χ3n) is 12.9. The van der Waals surface area contributed by atoms with Crippen molar-refractivity contribution in [2.45, 2.75) is 119 Å². The SMILES string of the molecule is CCC(C)C(CC12CCC3C(CCC4C5(C)CCC(C)C5CCC34C)C1=C(C(C)C)C(=P)C2)=NC. The Labute approximate surface area is 219 Å². The lowest BCUT2D eigenvalue weighted by Crippen LogP contribution is -2.57. The minimum Gasteiger partial charge on any atom is -0.297 e. The molecule has 0 aromatic carbocycles. The molecule has 0 aliphatic heterocycles. The van der Waals surface area contributed by atoms with Gasteiger partial charge in [-0.3, -0.25) is 4.99 Å². The standard InChI is InChI=1S/C33H54NP/c1-9-21(4)26(34-8)18-33-17-14-25-23(30(33)29(20(2)3)27(35)19-33)10-11-28-31(6)15-12-22(5)24(31)13-16-32(25,28)7/h20-25,28,35H,9-19H2,1-8H3. The lowest BCUT2D eigenvalue weighted by Gasteiger charge is -2.64. The van der Waals surface area contributed by atoms with E-state index in [4.69, 9.17) is 4.99 Å². The predicted molar refractivity (Wildman–Crippen MR) is 156 cm³/mol. The van der Waals surface area contributed by atoms with Crippen molar-refractivity contribution in [1.29, 1.82) is 0 Å². The molecule has 0 spiro atoms. The lowest BCUT2D eigenvalue weighted by atomic mass is 9.40. The maximum atomic E-state index is 4.91. The number of rotatable bonds is 5. The Bertz CT molecular complexity index is 927. The highest BCUT2D eigenvalue weighted by atomic mass is 31.0. The summed E-state index contributed by atoms with van der Waals surface area (Å²) in [4.78, 5) is 4.91. The van der Waals surface area contributed by atoms with Crippen LogP contribution in [-0.4, -0.2) is 18.1 Å². The zero-order valence-electron chi connectivity index (χ0n) is 24.3. The summed E-state index contributed by atoms with van der Waals surface area (Å²) in [6, 6.07) is 0. The molecule has 4 fully saturated rings. The highest BCUT2D eigenvalue weighted by Gasteiger charge is 2.64. The van der Waals surface area contributed by atoms with Gasteiger partial charge in [0, 0.05) is 18.2 Å². The first kappa shape index (κ1) is 26.2. The Morgan fingerprint density at radius 1 is 0.971 bits per heavy atom. The van der Waals surface area contributed by atoms with E-state index in [-0.39, 0.29) is 0 Å². The molecule has 0 aromatic rings. The number of allylic oxidation sites excluding steroid dienone is 2. The molecule has 0 bridgehead atoms. The van der Waals surface area contributed by atoms with E-state index in [2.05, 4.69) is 64.4 Å². The number of aliphatic imine (C=N–C) groups is 1. The number of hydrogen-bond acceptors (Lipinski definition) is 1. The second-order valence-corrected chi connectivity index (χ2v) is 15.3. The van der Waals surface area contributed by atoms with Gasteiger partial charge in [0.05, 0.1) is 0 Å². The molecular weight excluding hydrogens is 441 g/mol. The Hall–Kier alpha value is -0.420. The van der Waals surface area contributed by atoms with Gasteiger partial charge in [0.1, 0.15) is 0 Å². The van der Waals surface area contributed by atoms with E-state index in [0.29, 0.717) is 28.1 Å². The highest BCUT2D eigenvalue weighted by Crippen LogP contribution is 2.72. The van der Waals surface area contributed by atoms with Crippen LogP contribution in [0.4, 0.5) is 0 Å². The zero-order chi connectivity index (χ0) is 25.3. The quantitative estimate of drug-likeness (QED) is 0.266. The van der Waals surface area contributed by atoms with Gasteiger partial charge in [-0.05, 0) is 134 Å². The van der Waals surface area contributed by atoms with Gasteiger partial charge in [0.15, 0.2) is 0 Å². The Morgan fingerprint density at radius 2 is 1.63 bits per heavy atom. The van der Waals surface area contributed by atoms with Gasteiger partial charge in [0.2, 0.25) is 0 Å². The van der Waals surface area contributed by atoms with Crippen LogP contribution in [0.15, 0.2) is 16.1 Å². The first-order valence-electron chi connectivity index (χ1n) is 15.3. The van der Waals surface area contributed by atoms with Crippen molar-refractivity contribution in [3.8, 4) is 0 Å². The summed E-state index contributed by atoms with van der Waals surface area (Å²) in [6.45, 7) is 17.7. The molecule has 5 aliphatic rings. The van der Waals surface area contributed by atoms with Crippen LogP contribution in [0.25, 0.3) is 0 Å². The maximum Gasteiger partial charge on any atom is 0.0276 e. The molecule has 5 rings (SSSR count). The molecule has 0 heterocycles. The average molecular weight is 496 g/mol. The summed E-state index contributed by atoms with van der Waals surface area (Å²) >= 11 is 0. The fraction of sp³-hybridized carbons (Fsp3) is 0.879. The third-order valence-corrected chi connectivity index (χ3v) is 13.4. The summed E-state index contributed by atoms with van der Waals surface area (Å²) in [5.41, 5.74) is 6.55. The van der Waals surface area contributed by atoms with E-state index in [1.54, 1.807) is 5.57 Å². The van der Waals surface area contributed by atoms with Crippen LogP contribution in [-0.2, 0) is 0 Å². The summed E-state index contributed by atoms with van der Waals surface area (Å²) < 4.78 is 0.